The summed E-state index contributed by atoms with van der Waals surface area (Å²) in [5.74, 6) is -0.580. The first-order valence-corrected chi connectivity index (χ1v) is 8.06. The molecule has 0 aromatic heterocycles. The Balaban J connectivity index is 2.25. The zero-order valence-electron chi connectivity index (χ0n) is 14.2. The van der Waals surface area contributed by atoms with E-state index in [-0.39, 0.29) is 11.8 Å². The van der Waals surface area contributed by atoms with E-state index < -0.39 is 6.04 Å². The van der Waals surface area contributed by atoms with E-state index in [2.05, 4.69) is 5.32 Å². The van der Waals surface area contributed by atoms with Gasteiger partial charge in [-0.25, -0.2) is 5.06 Å². The van der Waals surface area contributed by atoms with Crippen LogP contribution in [0.3, 0.4) is 0 Å². The highest BCUT2D eigenvalue weighted by Gasteiger charge is 2.24. The van der Waals surface area contributed by atoms with E-state index in [1.54, 1.807) is 12.1 Å². The van der Waals surface area contributed by atoms with Crippen LogP contribution in [0.1, 0.15) is 35.2 Å². The van der Waals surface area contributed by atoms with E-state index >= 15 is 0 Å². The number of carbonyl (C=O) groups excluding carboxylic acids is 2. The molecule has 0 saturated heterocycles. The molecular formula is C18H24N2O4. The summed E-state index contributed by atoms with van der Waals surface area (Å²) in [7, 11) is 2.95. The molecule has 130 valence electrons. The number of nitrogens with one attached hydrogen (secondary N) is 1. The van der Waals surface area contributed by atoms with Gasteiger partial charge in [-0.05, 0) is 30.9 Å². The first-order valence-electron chi connectivity index (χ1n) is 8.06. The van der Waals surface area contributed by atoms with Crippen LogP contribution in [-0.4, -0.2) is 43.7 Å². The van der Waals surface area contributed by atoms with Gasteiger partial charge >= 0.3 is 0 Å². The molecule has 6 heteroatoms. The minimum Gasteiger partial charge on any atom is -0.377 e. The lowest BCUT2D eigenvalue weighted by atomic mass is 10.1. The Labute approximate surface area is 142 Å². The van der Waals surface area contributed by atoms with Crippen molar-refractivity contribution in [1.82, 2.24) is 10.4 Å². The van der Waals surface area contributed by atoms with E-state index in [1.807, 2.05) is 24.3 Å². The molecule has 0 unspecified atom stereocenters. The predicted octanol–water partition coefficient (Wildman–Crippen LogP) is 2.06. The molecular weight excluding hydrogens is 308 g/mol. The molecule has 1 aromatic rings. The summed E-state index contributed by atoms with van der Waals surface area (Å²) in [6.07, 6.45) is 6.11. The van der Waals surface area contributed by atoms with Gasteiger partial charge < -0.3 is 10.1 Å². The largest absolute Gasteiger partial charge is 0.377 e. The second kappa shape index (κ2) is 9.20. The molecule has 0 aliphatic carbocycles. The molecule has 24 heavy (non-hydrogen) atoms. The maximum absolute atomic E-state index is 12.6. The minimum absolute atomic E-state index is 0.287. The Morgan fingerprint density at radius 3 is 2.92 bits per heavy atom. The van der Waals surface area contributed by atoms with Crippen molar-refractivity contribution in [1.29, 1.82) is 0 Å². The topological polar surface area (TPSA) is 67.9 Å². The van der Waals surface area contributed by atoms with E-state index in [9.17, 15) is 9.59 Å². The van der Waals surface area contributed by atoms with Gasteiger partial charge in [-0.3, -0.25) is 14.4 Å². The van der Waals surface area contributed by atoms with Crippen LogP contribution in [0.5, 0.6) is 0 Å². The number of hydroxylamine groups is 2. The molecule has 1 aliphatic rings. The highest BCUT2D eigenvalue weighted by molar-refractivity contribution is 5.98. The fraction of sp³-hybridized carbons (Fsp3) is 0.444. The standard InChI is InChI=1S/C18H24N2O4/c1-20(23-2)18(22)16-11-5-3-4-8-12-24-13-14-9-6-7-10-15(14)17(21)19-16/h3,5-7,9-10,16H,4,8,11-13H2,1-2H3,(H,19,21)/b5-3-/t16-/m0/s1. The van der Waals surface area contributed by atoms with Crippen LogP contribution in [0.4, 0.5) is 0 Å². The lowest BCUT2D eigenvalue weighted by Crippen LogP contribution is -2.47. The number of amides is 2. The summed E-state index contributed by atoms with van der Waals surface area (Å²) >= 11 is 0. The maximum Gasteiger partial charge on any atom is 0.268 e. The normalized spacial score (nSPS) is 20.6. The van der Waals surface area contributed by atoms with E-state index in [4.69, 9.17) is 9.57 Å². The van der Waals surface area contributed by atoms with Crippen LogP contribution in [0, 0.1) is 0 Å². The summed E-state index contributed by atoms with van der Waals surface area (Å²) in [4.78, 5) is 30.0. The van der Waals surface area contributed by atoms with Crippen LogP contribution in [0.15, 0.2) is 36.4 Å². The number of allylic oxidation sites excluding steroid dienone is 1. The highest BCUT2D eigenvalue weighted by Crippen LogP contribution is 2.13. The molecule has 1 N–H and O–H groups in total. The second-order valence-electron chi connectivity index (χ2n) is 5.60. The molecule has 2 amide bonds. The summed E-state index contributed by atoms with van der Waals surface area (Å²) in [6.45, 7) is 1.01. The first-order chi connectivity index (χ1) is 11.6. The van der Waals surface area contributed by atoms with Gasteiger partial charge in [0.15, 0.2) is 0 Å². The number of hydrogen-bond donors (Lipinski definition) is 1. The van der Waals surface area contributed by atoms with Gasteiger partial charge in [0.2, 0.25) is 0 Å². The molecule has 1 aliphatic heterocycles. The monoisotopic (exact) mass is 332 g/mol. The van der Waals surface area contributed by atoms with Crippen molar-refractivity contribution in [2.45, 2.75) is 31.9 Å². The van der Waals surface area contributed by atoms with Gasteiger partial charge in [0, 0.05) is 19.2 Å². The van der Waals surface area contributed by atoms with Crippen LogP contribution >= 0.6 is 0 Å². The SMILES string of the molecule is CON(C)C(=O)[C@@H]1C/C=C\CCCOCc2ccccc2C(=O)N1. The Hall–Kier alpha value is -2.18. The van der Waals surface area contributed by atoms with E-state index in [0.717, 1.165) is 23.5 Å². The van der Waals surface area contributed by atoms with Gasteiger partial charge in [-0.1, -0.05) is 30.4 Å². The quantitative estimate of drug-likeness (QED) is 0.665. The summed E-state index contributed by atoms with van der Waals surface area (Å²) in [6, 6.07) is 6.61. The summed E-state index contributed by atoms with van der Waals surface area (Å²) in [5, 5.41) is 3.94. The molecule has 0 bridgehead atoms. The van der Waals surface area contributed by atoms with Gasteiger partial charge in [-0.2, -0.15) is 0 Å². The number of rotatable bonds is 2. The Morgan fingerprint density at radius 2 is 2.12 bits per heavy atom. The Morgan fingerprint density at radius 1 is 1.33 bits per heavy atom. The fourth-order valence-electron chi connectivity index (χ4n) is 2.47. The van der Waals surface area contributed by atoms with Crippen molar-refractivity contribution in [3.05, 3.63) is 47.5 Å². The van der Waals surface area contributed by atoms with Crippen molar-refractivity contribution in [3.63, 3.8) is 0 Å². The number of ether oxygens (including phenoxy) is 1. The van der Waals surface area contributed by atoms with Crippen molar-refractivity contribution in [2.24, 2.45) is 0 Å². The maximum atomic E-state index is 12.6. The third-order valence-electron chi connectivity index (χ3n) is 3.91. The number of hydrogen-bond acceptors (Lipinski definition) is 4. The van der Waals surface area contributed by atoms with Gasteiger partial charge in [0.25, 0.3) is 11.8 Å². The van der Waals surface area contributed by atoms with Crippen molar-refractivity contribution in [2.75, 3.05) is 20.8 Å². The molecule has 0 saturated carbocycles. The predicted molar refractivity (Wildman–Crippen MR) is 90.1 cm³/mol. The van der Waals surface area contributed by atoms with Crippen LogP contribution in [-0.2, 0) is 21.0 Å². The summed E-state index contributed by atoms with van der Waals surface area (Å²) in [5.41, 5.74) is 1.34. The van der Waals surface area contributed by atoms with Crippen molar-refractivity contribution >= 4 is 11.8 Å². The zero-order chi connectivity index (χ0) is 17.4. The van der Waals surface area contributed by atoms with E-state index in [0.29, 0.717) is 25.2 Å². The van der Waals surface area contributed by atoms with E-state index in [1.165, 1.54) is 14.2 Å². The molecule has 0 spiro atoms. The first kappa shape index (κ1) is 18.2. The smallest absolute Gasteiger partial charge is 0.268 e. The number of nitrogens with zero attached hydrogens (tertiary/aromatic N) is 1. The average Bonchev–Trinajstić information content (AvgIpc) is 2.62. The molecule has 0 fully saturated rings. The lowest BCUT2D eigenvalue weighted by Gasteiger charge is -2.22. The lowest BCUT2D eigenvalue weighted by molar-refractivity contribution is -0.170. The Kier molecular flexibility index (Phi) is 6.96. The molecule has 2 rings (SSSR count). The second-order valence-corrected chi connectivity index (χ2v) is 5.60. The zero-order valence-corrected chi connectivity index (χ0v) is 14.2. The van der Waals surface area contributed by atoms with Crippen molar-refractivity contribution in [3.8, 4) is 0 Å². The number of carbonyl (C=O) groups is 2. The van der Waals surface area contributed by atoms with Crippen LogP contribution in [0.2, 0.25) is 0 Å². The van der Waals surface area contributed by atoms with Gasteiger partial charge in [0.05, 0.1) is 13.7 Å². The molecule has 1 aromatic carbocycles. The van der Waals surface area contributed by atoms with Crippen LogP contribution < -0.4 is 5.32 Å². The minimum atomic E-state index is -0.673. The molecule has 6 nitrogen and oxygen atoms in total. The van der Waals surface area contributed by atoms with Gasteiger partial charge in [-0.15, -0.1) is 0 Å². The van der Waals surface area contributed by atoms with Gasteiger partial charge in [0.1, 0.15) is 6.04 Å². The summed E-state index contributed by atoms with van der Waals surface area (Å²) < 4.78 is 5.64. The Bertz CT molecular complexity index is 600. The average molecular weight is 332 g/mol. The van der Waals surface area contributed by atoms with Crippen LogP contribution in [0.25, 0.3) is 0 Å². The third kappa shape index (κ3) is 4.91. The fourth-order valence-corrected chi connectivity index (χ4v) is 2.47. The number of likely N-dealkylation sites (N-methyl/N-ethyl adjacent to an activating group) is 1. The van der Waals surface area contributed by atoms with Crippen molar-refractivity contribution < 1.29 is 19.2 Å². The third-order valence-corrected chi connectivity index (χ3v) is 3.91. The highest BCUT2D eigenvalue weighted by atomic mass is 16.7. The molecule has 1 atom stereocenters. The molecule has 1 heterocycles. The number of fused-ring (bicyclic) bond motifs is 1. The number of benzene rings is 1. The molecule has 0 radical (unpaired) electrons.